The Bertz CT molecular complexity index is 480. The number of hydrogen-bond acceptors (Lipinski definition) is 3. The molecule has 0 bridgehead atoms. The van der Waals surface area contributed by atoms with E-state index in [2.05, 4.69) is 20.9 Å². The molecule has 1 aliphatic carbocycles. The van der Waals surface area contributed by atoms with Crippen LogP contribution in [0.4, 0.5) is 4.79 Å². The van der Waals surface area contributed by atoms with Gasteiger partial charge in [0.25, 0.3) is 0 Å². The van der Waals surface area contributed by atoms with Gasteiger partial charge < -0.3 is 10.6 Å². The first kappa shape index (κ1) is 10.3. The lowest BCUT2D eigenvalue weighted by Gasteiger charge is -2.23. The van der Waals surface area contributed by atoms with Crippen molar-refractivity contribution in [2.75, 3.05) is 0 Å². The molecule has 0 radical (unpaired) electrons. The Kier molecular flexibility index (Phi) is 2.29. The monoisotopic (exact) mass is 299 g/mol. The maximum Gasteiger partial charge on any atom is 0.346 e. The van der Waals surface area contributed by atoms with Crippen molar-refractivity contribution in [2.45, 2.75) is 24.9 Å². The fourth-order valence-electron chi connectivity index (χ4n) is 1.96. The number of nitrogens with zero attached hydrogens (tertiary/aromatic N) is 2. The molecule has 1 saturated carbocycles. The van der Waals surface area contributed by atoms with Gasteiger partial charge in [-0.25, -0.2) is 4.79 Å². The van der Waals surface area contributed by atoms with Crippen molar-refractivity contribution in [1.29, 1.82) is 0 Å². The number of thiophene rings is 1. The van der Waals surface area contributed by atoms with Crippen molar-refractivity contribution in [3.8, 4) is 0 Å². The van der Waals surface area contributed by atoms with E-state index in [1.807, 2.05) is 16.3 Å². The Morgan fingerprint density at radius 2 is 2.31 bits per heavy atom. The second kappa shape index (κ2) is 3.56. The Labute approximate surface area is 105 Å². The summed E-state index contributed by atoms with van der Waals surface area (Å²) in [6.45, 7) is 0. The minimum absolute atomic E-state index is 0.158. The molecule has 1 unspecified atom stereocenters. The second-order valence-corrected chi connectivity index (χ2v) is 5.80. The zero-order chi connectivity index (χ0) is 11.3. The molecule has 2 aliphatic rings. The van der Waals surface area contributed by atoms with Gasteiger partial charge in [0, 0.05) is 15.4 Å². The summed E-state index contributed by atoms with van der Waals surface area (Å²) in [6, 6.07) is 1.96. The third-order valence-corrected chi connectivity index (χ3v) is 4.76. The summed E-state index contributed by atoms with van der Waals surface area (Å²) in [5.41, 5.74) is 5.86. The second-order valence-electron chi connectivity index (χ2n) is 3.99. The number of urea groups is 1. The fourth-order valence-corrected chi connectivity index (χ4v) is 3.66. The molecule has 1 fully saturated rings. The molecule has 16 heavy (non-hydrogen) atoms. The Morgan fingerprint density at radius 1 is 1.56 bits per heavy atom. The van der Waals surface area contributed by atoms with Crippen LogP contribution in [0.1, 0.15) is 23.8 Å². The molecule has 2 N–H and O–H groups in total. The summed E-state index contributed by atoms with van der Waals surface area (Å²) in [5, 5.41) is 1.99. The van der Waals surface area contributed by atoms with Crippen LogP contribution in [0.25, 0.3) is 0 Å². The number of carbonyl (C=O) groups is 1. The average molecular weight is 300 g/mol. The summed E-state index contributed by atoms with van der Waals surface area (Å²) in [7, 11) is 0. The third kappa shape index (κ3) is 1.48. The third-order valence-electron chi connectivity index (χ3n) is 2.84. The summed E-state index contributed by atoms with van der Waals surface area (Å²) < 4.78 is 1.00. The van der Waals surface area contributed by atoms with E-state index >= 15 is 0 Å². The first-order valence-electron chi connectivity index (χ1n) is 5.07. The van der Waals surface area contributed by atoms with Gasteiger partial charge in [-0.05, 0) is 40.2 Å². The average Bonchev–Trinajstić information content (AvgIpc) is 2.91. The lowest BCUT2D eigenvalue weighted by atomic mass is 10.2. The summed E-state index contributed by atoms with van der Waals surface area (Å²) in [4.78, 5) is 18.5. The van der Waals surface area contributed by atoms with Crippen molar-refractivity contribution in [2.24, 2.45) is 10.7 Å². The van der Waals surface area contributed by atoms with Crippen LogP contribution in [0.2, 0.25) is 0 Å². The van der Waals surface area contributed by atoms with E-state index in [9.17, 15) is 4.79 Å². The Hall–Kier alpha value is -0.880. The molecule has 0 spiro atoms. The van der Waals surface area contributed by atoms with E-state index in [0.717, 1.165) is 22.2 Å². The molecular formula is C10H10BrN3OS. The number of nitrogens with two attached hydrogens (primary N) is 1. The molecule has 2 amide bonds. The molecule has 1 aromatic heterocycles. The molecule has 2 heterocycles. The van der Waals surface area contributed by atoms with Gasteiger partial charge in [-0.1, -0.05) is 0 Å². The largest absolute Gasteiger partial charge is 0.385 e. The number of rotatable bonds is 2. The molecule has 1 aromatic rings. The molecule has 4 nitrogen and oxygen atoms in total. The highest BCUT2D eigenvalue weighted by atomic mass is 79.9. The maximum atomic E-state index is 11.7. The molecule has 84 valence electrons. The van der Waals surface area contributed by atoms with E-state index in [0.29, 0.717) is 11.9 Å². The van der Waals surface area contributed by atoms with Gasteiger partial charge in [0.1, 0.15) is 11.9 Å². The van der Waals surface area contributed by atoms with Crippen LogP contribution in [0.3, 0.4) is 0 Å². The first-order chi connectivity index (χ1) is 7.68. The SMILES string of the molecule is NC1=NC(=O)N(C2CC2)C1c1sccc1Br. The fraction of sp³-hybridized carbons (Fsp3) is 0.400. The molecule has 0 saturated heterocycles. The number of hydrogen-bond donors (Lipinski definition) is 1. The zero-order valence-electron chi connectivity index (χ0n) is 8.39. The lowest BCUT2D eigenvalue weighted by Crippen LogP contribution is -2.34. The van der Waals surface area contributed by atoms with E-state index < -0.39 is 0 Å². The normalized spacial score (nSPS) is 25.1. The topological polar surface area (TPSA) is 58.7 Å². The number of carbonyl (C=O) groups excluding carboxylic acids is 1. The molecule has 1 atom stereocenters. The van der Waals surface area contributed by atoms with Crippen LogP contribution >= 0.6 is 27.3 Å². The number of amidine groups is 1. The molecule has 6 heteroatoms. The summed E-state index contributed by atoms with van der Waals surface area (Å²) in [5.74, 6) is 0.417. The van der Waals surface area contributed by atoms with Crippen LogP contribution in [0, 0.1) is 0 Å². The molecule has 0 aromatic carbocycles. The van der Waals surface area contributed by atoms with Crippen LogP contribution in [-0.4, -0.2) is 22.8 Å². The highest BCUT2D eigenvalue weighted by Gasteiger charge is 2.44. The van der Waals surface area contributed by atoms with Crippen molar-refractivity contribution < 1.29 is 4.79 Å². The van der Waals surface area contributed by atoms with Gasteiger partial charge >= 0.3 is 6.03 Å². The molecule has 3 rings (SSSR count). The molecule has 1 aliphatic heterocycles. The zero-order valence-corrected chi connectivity index (χ0v) is 10.8. The minimum atomic E-state index is -0.190. The van der Waals surface area contributed by atoms with Gasteiger partial charge in [-0.3, -0.25) is 0 Å². The van der Waals surface area contributed by atoms with Crippen molar-refractivity contribution in [3.63, 3.8) is 0 Å². The van der Waals surface area contributed by atoms with Gasteiger partial charge in [0.2, 0.25) is 0 Å². The quantitative estimate of drug-likeness (QED) is 0.912. The van der Waals surface area contributed by atoms with Crippen LogP contribution < -0.4 is 5.73 Å². The van der Waals surface area contributed by atoms with E-state index in [1.54, 1.807) is 11.3 Å². The van der Waals surface area contributed by atoms with Crippen LogP contribution in [0.5, 0.6) is 0 Å². The van der Waals surface area contributed by atoms with Crippen molar-refractivity contribution in [3.05, 3.63) is 20.8 Å². The number of amides is 2. The highest BCUT2D eigenvalue weighted by molar-refractivity contribution is 9.10. The van der Waals surface area contributed by atoms with Crippen LogP contribution in [0.15, 0.2) is 20.9 Å². The Balaban J connectivity index is 2.01. The van der Waals surface area contributed by atoms with Gasteiger partial charge in [-0.2, -0.15) is 4.99 Å². The van der Waals surface area contributed by atoms with E-state index in [1.165, 1.54) is 0 Å². The Morgan fingerprint density at radius 3 is 2.88 bits per heavy atom. The van der Waals surface area contributed by atoms with Crippen molar-refractivity contribution >= 4 is 39.1 Å². The highest BCUT2D eigenvalue weighted by Crippen LogP contribution is 2.41. The first-order valence-corrected chi connectivity index (χ1v) is 6.75. The van der Waals surface area contributed by atoms with Gasteiger partial charge in [-0.15, -0.1) is 11.3 Å². The predicted octanol–water partition coefficient (Wildman–Crippen LogP) is 2.51. The predicted molar refractivity (Wildman–Crippen MR) is 66.6 cm³/mol. The lowest BCUT2D eigenvalue weighted by molar-refractivity contribution is 0.204. The van der Waals surface area contributed by atoms with Gasteiger partial charge in [0.15, 0.2) is 0 Å². The van der Waals surface area contributed by atoms with Gasteiger partial charge in [0.05, 0.1) is 0 Å². The van der Waals surface area contributed by atoms with Crippen LogP contribution in [-0.2, 0) is 0 Å². The standard InChI is InChI=1S/C10H10BrN3OS/c11-6-3-4-16-8(6)7-9(12)13-10(15)14(7)5-1-2-5/h3-5,7H,1-2H2,(H2,12,13,15). The maximum absolute atomic E-state index is 11.7. The van der Waals surface area contributed by atoms with E-state index in [4.69, 9.17) is 5.73 Å². The smallest absolute Gasteiger partial charge is 0.346 e. The van der Waals surface area contributed by atoms with E-state index in [-0.39, 0.29) is 12.1 Å². The minimum Gasteiger partial charge on any atom is -0.385 e. The number of halogens is 1. The summed E-state index contributed by atoms with van der Waals surface area (Å²) >= 11 is 5.08. The number of aliphatic imine (C=N–C) groups is 1. The van der Waals surface area contributed by atoms with Crippen molar-refractivity contribution in [1.82, 2.24) is 4.90 Å². The molecular weight excluding hydrogens is 290 g/mol. The summed E-state index contributed by atoms with van der Waals surface area (Å²) in [6.07, 6.45) is 2.13.